The second-order valence-corrected chi connectivity index (χ2v) is 5.36. The van der Waals surface area contributed by atoms with Gasteiger partial charge in [-0.15, -0.1) is 0 Å². The van der Waals surface area contributed by atoms with E-state index < -0.39 is 43.3 Å². The van der Waals surface area contributed by atoms with E-state index in [0.29, 0.717) is 5.69 Å². The molecule has 1 aromatic carbocycles. The average molecular weight is 341 g/mol. The topological polar surface area (TPSA) is 146 Å². The highest BCUT2D eigenvalue weighted by molar-refractivity contribution is 5.92. The molecular formula is C15H19NO8. The van der Waals surface area contributed by atoms with Crippen molar-refractivity contribution >= 4 is 17.6 Å². The number of benzene rings is 1. The van der Waals surface area contributed by atoms with E-state index in [9.17, 15) is 24.9 Å². The lowest BCUT2D eigenvalue weighted by Crippen LogP contribution is -2.59. The molecule has 0 aromatic heterocycles. The largest absolute Gasteiger partial charge is 0.429 e. The van der Waals surface area contributed by atoms with Crippen molar-refractivity contribution < 1.29 is 39.5 Å². The predicted molar refractivity (Wildman–Crippen MR) is 79.9 cm³/mol. The number of ether oxygens (including phenoxy) is 2. The fraction of sp³-hybridized carbons (Fsp3) is 0.467. The number of hydrogen-bond donors (Lipinski definition) is 5. The smallest absolute Gasteiger partial charge is 0.340 e. The van der Waals surface area contributed by atoms with Gasteiger partial charge in [0.15, 0.2) is 0 Å². The number of nitrogens with one attached hydrogen (secondary N) is 1. The van der Waals surface area contributed by atoms with E-state index in [1.807, 2.05) is 0 Å². The summed E-state index contributed by atoms with van der Waals surface area (Å²) in [4.78, 5) is 23.0. The van der Waals surface area contributed by atoms with Crippen molar-refractivity contribution in [2.45, 2.75) is 37.6 Å². The van der Waals surface area contributed by atoms with Crippen LogP contribution in [-0.2, 0) is 14.3 Å². The number of hydrogen-bond acceptors (Lipinski definition) is 8. The summed E-state index contributed by atoms with van der Waals surface area (Å²) in [6, 6.07) is 5.78. The third-order valence-electron chi connectivity index (χ3n) is 3.51. The minimum Gasteiger partial charge on any atom is -0.429 e. The quantitative estimate of drug-likeness (QED) is 0.420. The summed E-state index contributed by atoms with van der Waals surface area (Å²) in [5, 5.41) is 40.8. The summed E-state index contributed by atoms with van der Waals surface area (Å²) in [7, 11) is 0. The molecule has 1 fully saturated rings. The maximum absolute atomic E-state index is 12.1. The molecule has 0 spiro atoms. The van der Waals surface area contributed by atoms with Crippen LogP contribution in [0.2, 0.25) is 0 Å². The van der Waals surface area contributed by atoms with Crippen LogP contribution in [0.3, 0.4) is 0 Å². The van der Waals surface area contributed by atoms with Crippen molar-refractivity contribution in [3.63, 3.8) is 0 Å². The highest BCUT2D eigenvalue weighted by Gasteiger charge is 2.45. The highest BCUT2D eigenvalue weighted by Crippen LogP contribution is 2.23. The first kappa shape index (κ1) is 18.3. The molecule has 24 heavy (non-hydrogen) atoms. The van der Waals surface area contributed by atoms with Crippen molar-refractivity contribution in [1.29, 1.82) is 0 Å². The SMILES string of the molecule is CC(=O)Nc1ccc(C(=O)O[C@@H]2O[C@H](CO)[C@@H](O)[C@H](O)[C@H]2O)cc1. The number of amides is 1. The number of anilines is 1. The Labute approximate surface area is 137 Å². The van der Waals surface area contributed by atoms with Crippen LogP contribution in [0.15, 0.2) is 24.3 Å². The van der Waals surface area contributed by atoms with Gasteiger partial charge in [0.25, 0.3) is 0 Å². The van der Waals surface area contributed by atoms with E-state index in [2.05, 4.69) is 5.32 Å². The van der Waals surface area contributed by atoms with Crippen LogP contribution in [0.1, 0.15) is 17.3 Å². The van der Waals surface area contributed by atoms with Crippen LogP contribution in [0.4, 0.5) is 5.69 Å². The third-order valence-corrected chi connectivity index (χ3v) is 3.51. The molecule has 0 bridgehead atoms. The average Bonchev–Trinajstić information content (AvgIpc) is 2.55. The number of esters is 1. The van der Waals surface area contributed by atoms with Gasteiger partial charge in [-0.05, 0) is 24.3 Å². The molecule has 132 valence electrons. The van der Waals surface area contributed by atoms with Gasteiger partial charge in [0.05, 0.1) is 12.2 Å². The van der Waals surface area contributed by atoms with Gasteiger partial charge in [-0.1, -0.05) is 0 Å². The van der Waals surface area contributed by atoms with E-state index in [1.165, 1.54) is 31.2 Å². The molecular weight excluding hydrogens is 322 g/mol. The van der Waals surface area contributed by atoms with Crippen molar-refractivity contribution in [2.75, 3.05) is 11.9 Å². The number of aliphatic hydroxyl groups excluding tert-OH is 4. The molecule has 0 radical (unpaired) electrons. The normalized spacial score (nSPS) is 29.8. The van der Waals surface area contributed by atoms with E-state index >= 15 is 0 Å². The fourth-order valence-electron chi connectivity index (χ4n) is 2.23. The molecule has 9 nitrogen and oxygen atoms in total. The number of carbonyl (C=O) groups is 2. The van der Waals surface area contributed by atoms with Gasteiger partial charge in [0.1, 0.15) is 24.4 Å². The minimum absolute atomic E-state index is 0.126. The molecule has 1 aromatic rings. The third kappa shape index (κ3) is 4.08. The van der Waals surface area contributed by atoms with E-state index in [4.69, 9.17) is 14.6 Å². The maximum Gasteiger partial charge on any atom is 0.340 e. The molecule has 9 heteroatoms. The molecule has 1 amide bonds. The van der Waals surface area contributed by atoms with E-state index in [1.54, 1.807) is 0 Å². The molecule has 0 saturated carbocycles. The molecule has 1 heterocycles. The predicted octanol–water partition coefficient (Wildman–Crippen LogP) is -1.40. The summed E-state index contributed by atoms with van der Waals surface area (Å²) in [6.07, 6.45) is -7.52. The Morgan fingerprint density at radius 3 is 2.29 bits per heavy atom. The van der Waals surface area contributed by atoms with Crippen LogP contribution >= 0.6 is 0 Å². The van der Waals surface area contributed by atoms with Gasteiger partial charge in [0, 0.05) is 12.6 Å². The summed E-state index contributed by atoms with van der Waals surface area (Å²) in [5.41, 5.74) is 0.618. The zero-order valence-electron chi connectivity index (χ0n) is 12.8. The highest BCUT2D eigenvalue weighted by atomic mass is 16.7. The van der Waals surface area contributed by atoms with E-state index in [0.717, 1.165) is 0 Å². The van der Waals surface area contributed by atoms with Crippen molar-refractivity contribution in [3.05, 3.63) is 29.8 Å². The number of rotatable bonds is 4. The van der Waals surface area contributed by atoms with Crippen LogP contribution in [-0.4, -0.2) is 69.6 Å². The van der Waals surface area contributed by atoms with Gasteiger partial charge in [-0.3, -0.25) is 4.79 Å². The zero-order chi connectivity index (χ0) is 17.9. The van der Waals surface area contributed by atoms with Gasteiger partial charge < -0.3 is 35.2 Å². The van der Waals surface area contributed by atoms with Gasteiger partial charge >= 0.3 is 5.97 Å². The van der Waals surface area contributed by atoms with Crippen molar-refractivity contribution in [3.8, 4) is 0 Å². The zero-order valence-corrected chi connectivity index (χ0v) is 12.8. The fourth-order valence-corrected chi connectivity index (χ4v) is 2.23. The standard InChI is InChI=1S/C15H19NO8/c1-7(18)16-9-4-2-8(3-5-9)14(22)24-15-13(21)12(20)11(19)10(6-17)23-15/h2-5,10-13,15,17,19-21H,6H2,1H3,(H,16,18)/t10-,11-,12+,13-,15+/m1/s1. The lowest BCUT2D eigenvalue weighted by Gasteiger charge is -2.39. The molecule has 5 atom stereocenters. The number of aliphatic hydroxyl groups is 4. The Hall–Kier alpha value is -2.04. The Morgan fingerprint density at radius 2 is 1.75 bits per heavy atom. The lowest BCUT2D eigenvalue weighted by atomic mass is 9.99. The minimum atomic E-state index is -1.66. The Kier molecular flexibility index (Phi) is 5.86. The van der Waals surface area contributed by atoms with E-state index in [-0.39, 0.29) is 11.5 Å². The lowest BCUT2D eigenvalue weighted by molar-refractivity contribution is -0.285. The molecule has 0 unspecified atom stereocenters. The summed E-state index contributed by atoms with van der Waals surface area (Å²) >= 11 is 0. The first-order chi connectivity index (χ1) is 11.3. The molecule has 2 rings (SSSR count). The summed E-state index contributed by atoms with van der Waals surface area (Å²) in [6.45, 7) is 0.728. The Bertz CT molecular complexity index is 588. The molecule has 1 aliphatic rings. The summed E-state index contributed by atoms with van der Waals surface area (Å²) in [5.74, 6) is -1.10. The van der Waals surface area contributed by atoms with Crippen LogP contribution in [0, 0.1) is 0 Å². The van der Waals surface area contributed by atoms with Crippen LogP contribution in [0.25, 0.3) is 0 Å². The van der Waals surface area contributed by atoms with Gasteiger partial charge in [-0.25, -0.2) is 4.79 Å². The Balaban J connectivity index is 2.04. The van der Waals surface area contributed by atoms with Gasteiger partial charge in [-0.2, -0.15) is 0 Å². The summed E-state index contributed by atoms with van der Waals surface area (Å²) < 4.78 is 10.1. The van der Waals surface area contributed by atoms with Crippen molar-refractivity contribution in [1.82, 2.24) is 0 Å². The molecule has 1 aliphatic heterocycles. The Morgan fingerprint density at radius 1 is 1.12 bits per heavy atom. The van der Waals surface area contributed by atoms with Crippen molar-refractivity contribution in [2.24, 2.45) is 0 Å². The second kappa shape index (κ2) is 7.69. The second-order valence-electron chi connectivity index (χ2n) is 5.36. The molecule has 5 N–H and O–H groups in total. The number of carbonyl (C=O) groups excluding carboxylic acids is 2. The molecule has 1 saturated heterocycles. The van der Waals surface area contributed by atoms with Gasteiger partial charge in [0.2, 0.25) is 12.2 Å². The first-order valence-corrected chi connectivity index (χ1v) is 7.22. The first-order valence-electron chi connectivity index (χ1n) is 7.22. The monoisotopic (exact) mass is 341 g/mol. The molecule has 0 aliphatic carbocycles. The maximum atomic E-state index is 12.1. The van der Waals surface area contributed by atoms with Crippen LogP contribution in [0.5, 0.6) is 0 Å². The van der Waals surface area contributed by atoms with Crippen LogP contribution < -0.4 is 5.32 Å².